The van der Waals surface area contributed by atoms with Crippen molar-refractivity contribution in [3.8, 4) is 5.75 Å². The first kappa shape index (κ1) is 14.1. The molecule has 1 N–H and O–H groups in total. The first-order valence-electron chi connectivity index (χ1n) is 6.00. The molecule has 2 rings (SSSR count). The van der Waals surface area contributed by atoms with Gasteiger partial charge in [0.25, 0.3) is 0 Å². The van der Waals surface area contributed by atoms with Crippen LogP contribution in [0.15, 0.2) is 24.3 Å². The van der Waals surface area contributed by atoms with Crippen molar-refractivity contribution in [3.63, 3.8) is 0 Å². The summed E-state index contributed by atoms with van der Waals surface area (Å²) in [7, 11) is 0. The van der Waals surface area contributed by atoms with E-state index in [1.807, 2.05) is 0 Å². The number of ether oxygens (including phenoxy) is 2. The number of benzene rings is 1. The number of alkyl halides is 3. The van der Waals surface area contributed by atoms with E-state index in [4.69, 9.17) is 4.74 Å². The third-order valence-corrected chi connectivity index (χ3v) is 3.45. The van der Waals surface area contributed by atoms with Crippen molar-refractivity contribution in [3.05, 3.63) is 29.8 Å². The van der Waals surface area contributed by atoms with Crippen molar-refractivity contribution in [2.24, 2.45) is 0 Å². The van der Waals surface area contributed by atoms with E-state index in [-0.39, 0.29) is 12.4 Å². The molecule has 0 unspecified atom stereocenters. The molecule has 6 heteroatoms. The predicted octanol–water partition coefficient (Wildman–Crippen LogP) is 2.63. The van der Waals surface area contributed by atoms with Crippen molar-refractivity contribution < 1.29 is 27.8 Å². The molecular formula is C13H15F3O3. The van der Waals surface area contributed by atoms with Crippen LogP contribution in [-0.4, -0.2) is 31.3 Å². The fourth-order valence-electron chi connectivity index (χ4n) is 2.31. The Kier molecular flexibility index (Phi) is 4.01. The van der Waals surface area contributed by atoms with Crippen LogP contribution in [0, 0.1) is 0 Å². The maximum absolute atomic E-state index is 12.1. The lowest BCUT2D eigenvalue weighted by Crippen LogP contribution is -2.37. The minimum Gasteiger partial charge on any atom is -0.406 e. The molecule has 1 aliphatic rings. The summed E-state index contributed by atoms with van der Waals surface area (Å²) in [6.45, 7) is 1.04. The fourth-order valence-corrected chi connectivity index (χ4v) is 2.31. The van der Waals surface area contributed by atoms with E-state index in [2.05, 4.69) is 4.74 Å². The Morgan fingerprint density at radius 3 is 2.21 bits per heavy atom. The molecule has 1 heterocycles. The fraction of sp³-hybridized carbons (Fsp3) is 0.538. The lowest BCUT2D eigenvalue weighted by molar-refractivity contribution is -0.274. The minimum absolute atomic E-state index is 0.0458. The second-order valence-electron chi connectivity index (χ2n) is 4.62. The third kappa shape index (κ3) is 3.39. The van der Waals surface area contributed by atoms with Crippen molar-refractivity contribution in [1.29, 1.82) is 0 Å². The van der Waals surface area contributed by atoms with E-state index in [1.165, 1.54) is 12.1 Å². The molecule has 1 aromatic carbocycles. The molecule has 0 atom stereocenters. The van der Waals surface area contributed by atoms with Crippen LogP contribution in [0.4, 0.5) is 13.2 Å². The number of aliphatic hydroxyl groups is 1. The summed E-state index contributed by atoms with van der Waals surface area (Å²) in [4.78, 5) is 0. The van der Waals surface area contributed by atoms with Gasteiger partial charge in [-0.15, -0.1) is 13.2 Å². The topological polar surface area (TPSA) is 38.7 Å². The van der Waals surface area contributed by atoms with Gasteiger partial charge in [-0.25, -0.2) is 0 Å². The Bertz CT molecular complexity index is 408. The first-order chi connectivity index (χ1) is 8.95. The smallest absolute Gasteiger partial charge is 0.406 e. The summed E-state index contributed by atoms with van der Waals surface area (Å²) in [6.07, 6.45) is -3.37. The Hall–Kier alpha value is -1.27. The highest BCUT2D eigenvalue weighted by Crippen LogP contribution is 2.35. The Balaban J connectivity index is 2.16. The summed E-state index contributed by atoms with van der Waals surface area (Å²) in [6, 6.07) is 5.69. The second-order valence-corrected chi connectivity index (χ2v) is 4.62. The Morgan fingerprint density at radius 1 is 1.16 bits per heavy atom. The van der Waals surface area contributed by atoms with E-state index in [0.717, 1.165) is 5.56 Å². The molecule has 0 aromatic heterocycles. The van der Waals surface area contributed by atoms with E-state index < -0.39 is 11.8 Å². The molecule has 0 bridgehead atoms. The van der Waals surface area contributed by atoms with Gasteiger partial charge in [0.2, 0.25) is 0 Å². The van der Waals surface area contributed by atoms with Gasteiger partial charge < -0.3 is 14.6 Å². The van der Waals surface area contributed by atoms with Gasteiger partial charge >= 0.3 is 6.36 Å². The zero-order chi connectivity index (χ0) is 13.9. The summed E-state index contributed by atoms with van der Waals surface area (Å²) >= 11 is 0. The SMILES string of the molecule is OCC1(c2ccc(OC(F)(F)F)cc2)CCOCC1. The van der Waals surface area contributed by atoms with Gasteiger partial charge in [-0.2, -0.15) is 0 Å². The van der Waals surface area contributed by atoms with Crippen LogP contribution in [0.3, 0.4) is 0 Å². The van der Waals surface area contributed by atoms with Gasteiger partial charge in [0.15, 0.2) is 0 Å². The van der Waals surface area contributed by atoms with Crippen molar-refractivity contribution >= 4 is 0 Å². The second kappa shape index (κ2) is 5.38. The van der Waals surface area contributed by atoms with E-state index in [1.54, 1.807) is 12.1 Å². The lowest BCUT2D eigenvalue weighted by Gasteiger charge is -2.36. The Labute approximate surface area is 108 Å². The van der Waals surface area contributed by atoms with Crippen LogP contribution in [-0.2, 0) is 10.2 Å². The first-order valence-corrected chi connectivity index (χ1v) is 6.00. The Morgan fingerprint density at radius 2 is 1.74 bits per heavy atom. The number of rotatable bonds is 3. The maximum atomic E-state index is 12.1. The van der Waals surface area contributed by atoms with E-state index in [0.29, 0.717) is 26.1 Å². The molecular weight excluding hydrogens is 261 g/mol. The predicted molar refractivity (Wildman–Crippen MR) is 61.9 cm³/mol. The average Bonchev–Trinajstić information content (AvgIpc) is 2.38. The number of halogens is 3. The number of aliphatic hydroxyl groups excluding tert-OH is 1. The number of hydrogen-bond donors (Lipinski definition) is 1. The highest BCUT2D eigenvalue weighted by molar-refractivity contribution is 5.33. The van der Waals surface area contributed by atoms with Crippen LogP contribution < -0.4 is 4.74 Å². The van der Waals surface area contributed by atoms with Crippen LogP contribution >= 0.6 is 0 Å². The van der Waals surface area contributed by atoms with E-state index >= 15 is 0 Å². The zero-order valence-electron chi connectivity index (χ0n) is 10.2. The molecule has 0 radical (unpaired) electrons. The maximum Gasteiger partial charge on any atom is 0.573 e. The monoisotopic (exact) mass is 276 g/mol. The quantitative estimate of drug-likeness (QED) is 0.922. The van der Waals surface area contributed by atoms with Gasteiger partial charge in [-0.05, 0) is 30.5 Å². The molecule has 3 nitrogen and oxygen atoms in total. The van der Waals surface area contributed by atoms with Gasteiger partial charge in [0.1, 0.15) is 5.75 Å². The average molecular weight is 276 g/mol. The van der Waals surface area contributed by atoms with Crippen molar-refractivity contribution in [2.75, 3.05) is 19.8 Å². The standard InChI is InChI=1S/C13H15F3O3/c14-13(15,16)19-11-3-1-10(2-4-11)12(9-17)5-7-18-8-6-12/h1-4,17H,5-9H2. The molecule has 1 aromatic rings. The van der Waals surface area contributed by atoms with Gasteiger partial charge in [-0.1, -0.05) is 12.1 Å². The van der Waals surface area contributed by atoms with Crippen molar-refractivity contribution in [2.45, 2.75) is 24.6 Å². The largest absolute Gasteiger partial charge is 0.573 e. The number of hydrogen-bond acceptors (Lipinski definition) is 3. The zero-order valence-corrected chi connectivity index (χ0v) is 10.2. The van der Waals surface area contributed by atoms with Gasteiger partial charge in [-0.3, -0.25) is 0 Å². The highest BCUT2D eigenvalue weighted by atomic mass is 19.4. The molecule has 1 fully saturated rings. The van der Waals surface area contributed by atoms with Crippen LogP contribution in [0.2, 0.25) is 0 Å². The molecule has 0 spiro atoms. The van der Waals surface area contributed by atoms with Gasteiger partial charge in [0.05, 0.1) is 6.61 Å². The highest BCUT2D eigenvalue weighted by Gasteiger charge is 2.34. The molecule has 0 amide bonds. The molecule has 1 aliphatic heterocycles. The minimum atomic E-state index is -4.69. The van der Waals surface area contributed by atoms with Crippen LogP contribution in [0.5, 0.6) is 5.75 Å². The van der Waals surface area contributed by atoms with Crippen molar-refractivity contribution in [1.82, 2.24) is 0 Å². The third-order valence-electron chi connectivity index (χ3n) is 3.45. The molecule has 106 valence electrons. The summed E-state index contributed by atoms with van der Waals surface area (Å²) in [5.41, 5.74) is 0.391. The normalized spacial score (nSPS) is 19.2. The summed E-state index contributed by atoms with van der Waals surface area (Å²) in [5, 5.41) is 9.58. The lowest BCUT2D eigenvalue weighted by atomic mass is 9.75. The van der Waals surface area contributed by atoms with Crippen LogP contribution in [0.25, 0.3) is 0 Å². The molecule has 0 aliphatic carbocycles. The van der Waals surface area contributed by atoms with Gasteiger partial charge in [0, 0.05) is 18.6 Å². The molecule has 1 saturated heterocycles. The van der Waals surface area contributed by atoms with E-state index in [9.17, 15) is 18.3 Å². The summed E-state index contributed by atoms with van der Waals surface area (Å²) < 4.78 is 45.3. The molecule has 19 heavy (non-hydrogen) atoms. The van der Waals surface area contributed by atoms with Crippen LogP contribution in [0.1, 0.15) is 18.4 Å². The molecule has 0 saturated carbocycles. The summed E-state index contributed by atoms with van der Waals surface area (Å²) in [5.74, 6) is -0.253.